The number of anilines is 2. The van der Waals surface area contributed by atoms with E-state index in [1.807, 2.05) is 31.2 Å². The maximum atomic E-state index is 14.5. The van der Waals surface area contributed by atoms with E-state index in [0.29, 0.717) is 16.7 Å². The second kappa shape index (κ2) is 8.91. The minimum absolute atomic E-state index is 0.0926. The van der Waals surface area contributed by atoms with Crippen molar-refractivity contribution in [3.63, 3.8) is 0 Å². The first-order valence-corrected chi connectivity index (χ1v) is 10.4. The number of aryl methyl sites for hydroxylation is 1. The number of piperazine rings is 1. The van der Waals surface area contributed by atoms with Gasteiger partial charge in [-0.1, -0.05) is 24.3 Å². The van der Waals surface area contributed by atoms with Crippen LogP contribution in [0.4, 0.5) is 15.9 Å². The van der Waals surface area contributed by atoms with Crippen LogP contribution in [0, 0.1) is 12.7 Å². The summed E-state index contributed by atoms with van der Waals surface area (Å²) in [4.78, 5) is 6.91. The molecule has 0 radical (unpaired) electrons. The van der Waals surface area contributed by atoms with Gasteiger partial charge in [-0.25, -0.2) is 9.37 Å². The number of halogens is 1. The Morgan fingerprint density at radius 3 is 2.45 bits per heavy atom. The fourth-order valence-corrected chi connectivity index (χ4v) is 3.90. The van der Waals surface area contributed by atoms with Gasteiger partial charge in [0.15, 0.2) is 0 Å². The lowest BCUT2D eigenvalue weighted by atomic mass is 9.97. The number of nitrogens with zero attached hydrogens (tertiary/aromatic N) is 2. The molecule has 31 heavy (non-hydrogen) atoms. The molecule has 0 bridgehead atoms. The molecule has 7 heteroatoms. The normalized spacial score (nSPS) is 15.0. The Morgan fingerprint density at radius 1 is 1.06 bits per heavy atom. The highest BCUT2D eigenvalue weighted by Gasteiger charge is 2.17. The molecule has 0 saturated carbocycles. The first-order valence-electron chi connectivity index (χ1n) is 10.4. The highest BCUT2D eigenvalue weighted by molar-refractivity contribution is 5.83. The van der Waals surface area contributed by atoms with Crippen molar-refractivity contribution in [2.75, 3.05) is 36.4 Å². The van der Waals surface area contributed by atoms with E-state index in [0.717, 1.165) is 43.3 Å². The zero-order chi connectivity index (χ0) is 22.0. The fraction of sp³-hybridized carbons (Fsp3) is 0.292. The topological polar surface area (TPSA) is 80.6 Å². The van der Waals surface area contributed by atoms with Crippen molar-refractivity contribution in [3.8, 4) is 28.0 Å². The average molecular weight is 423 g/mol. The Bertz CT molecular complexity index is 1080. The molecule has 2 heterocycles. The third-order valence-electron chi connectivity index (χ3n) is 5.37. The van der Waals surface area contributed by atoms with Gasteiger partial charge in [-0.2, -0.15) is 0 Å². The van der Waals surface area contributed by atoms with E-state index in [2.05, 4.69) is 20.5 Å². The molecule has 162 valence electrons. The second-order valence-electron chi connectivity index (χ2n) is 7.81. The van der Waals surface area contributed by atoms with Gasteiger partial charge in [0.2, 0.25) is 0 Å². The first kappa shape index (κ1) is 21.1. The molecule has 2 aromatic carbocycles. The molecule has 1 unspecified atom stereocenters. The smallest absolute Gasteiger partial charge is 0.146 e. The Morgan fingerprint density at radius 2 is 1.77 bits per heavy atom. The van der Waals surface area contributed by atoms with Crippen molar-refractivity contribution in [2.45, 2.75) is 20.1 Å². The molecule has 0 spiro atoms. The molecular weight excluding hydrogens is 395 g/mol. The van der Waals surface area contributed by atoms with Gasteiger partial charge in [-0.05, 0) is 49.2 Å². The van der Waals surface area contributed by atoms with Gasteiger partial charge in [0.1, 0.15) is 23.6 Å². The second-order valence-corrected chi connectivity index (χ2v) is 7.81. The van der Waals surface area contributed by atoms with Crippen LogP contribution >= 0.6 is 0 Å². The standard InChI is InChI=1S/C24H27FN4O2/c1-15-12-18(14-23(27-15)29-10-8-26-9-11-29)20-5-3-4-19(24(20)31)17-6-7-22(21(25)13-17)28-16(2)30/h3-7,12-14,16,26,28,30-31H,8-11H2,1-2H3. The number of phenols is 1. The van der Waals surface area contributed by atoms with E-state index < -0.39 is 12.0 Å². The number of aromatic hydroxyl groups is 1. The lowest BCUT2D eigenvalue weighted by Gasteiger charge is -2.29. The number of hydrogen-bond donors (Lipinski definition) is 4. The summed E-state index contributed by atoms with van der Waals surface area (Å²) in [5, 5.41) is 26.5. The van der Waals surface area contributed by atoms with Crippen molar-refractivity contribution >= 4 is 11.5 Å². The summed E-state index contributed by atoms with van der Waals surface area (Å²) in [5.74, 6) is 0.486. The number of benzene rings is 2. The van der Waals surface area contributed by atoms with Crippen LogP contribution in [0.5, 0.6) is 5.75 Å². The summed E-state index contributed by atoms with van der Waals surface area (Å²) in [6, 6.07) is 14.0. The largest absolute Gasteiger partial charge is 0.507 e. The Hall–Kier alpha value is -3.16. The fourth-order valence-electron chi connectivity index (χ4n) is 3.90. The van der Waals surface area contributed by atoms with Crippen molar-refractivity contribution < 1.29 is 14.6 Å². The summed E-state index contributed by atoms with van der Waals surface area (Å²) in [7, 11) is 0. The van der Waals surface area contributed by atoms with Crippen molar-refractivity contribution in [2.24, 2.45) is 0 Å². The number of hydrogen-bond acceptors (Lipinski definition) is 6. The van der Waals surface area contributed by atoms with Gasteiger partial charge in [0.25, 0.3) is 0 Å². The molecular formula is C24H27FN4O2. The number of nitrogens with one attached hydrogen (secondary N) is 2. The van der Waals surface area contributed by atoms with Gasteiger partial charge in [-0.15, -0.1) is 0 Å². The van der Waals surface area contributed by atoms with Crippen molar-refractivity contribution in [1.82, 2.24) is 10.3 Å². The van der Waals surface area contributed by atoms with E-state index in [1.165, 1.54) is 13.0 Å². The lowest BCUT2D eigenvalue weighted by Crippen LogP contribution is -2.43. The molecule has 1 aliphatic rings. The van der Waals surface area contributed by atoms with Gasteiger partial charge in [0.05, 0.1) is 5.69 Å². The van der Waals surface area contributed by atoms with Crippen LogP contribution in [0.25, 0.3) is 22.3 Å². The quantitative estimate of drug-likeness (QED) is 0.469. The molecule has 1 fully saturated rings. The summed E-state index contributed by atoms with van der Waals surface area (Å²) >= 11 is 0. The molecule has 6 nitrogen and oxygen atoms in total. The van der Waals surface area contributed by atoms with E-state index in [-0.39, 0.29) is 11.4 Å². The Balaban J connectivity index is 1.71. The van der Waals surface area contributed by atoms with Crippen LogP contribution in [-0.4, -0.2) is 47.6 Å². The number of phenolic OH excluding ortho intramolecular Hbond substituents is 1. The Kier molecular flexibility index (Phi) is 6.06. The van der Waals surface area contributed by atoms with Crippen LogP contribution in [0.1, 0.15) is 12.6 Å². The summed E-state index contributed by atoms with van der Waals surface area (Å²) in [6.07, 6.45) is -0.864. The van der Waals surface area contributed by atoms with Crippen LogP contribution < -0.4 is 15.5 Å². The SMILES string of the molecule is Cc1cc(-c2cccc(-c3ccc(NC(C)O)c(F)c3)c2O)cc(N2CCNCC2)n1. The number of para-hydroxylation sites is 1. The monoisotopic (exact) mass is 422 g/mol. The lowest BCUT2D eigenvalue weighted by molar-refractivity contribution is 0.224. The van der Waals surface area contributed by atoms with Gasteiger partial charge in [0, 0.05) is 43.0 Å². The molecule has 0 amide bonds. The predicted octanol–water partition coefficient (Wildman–Crippen LogP) is 3.73. The number of pyridine rings is 1. The number of aliphatic hydroxyl groups excluding tert-OH is 1. The molecule has 1 aromatic heterocycles. The molecule has 4 N–H and O–H groups in total. The molecule has 3 aromatic rings. The third kappa shape index (κ3) is 4.62. The van der Waals surface area contributed by atoms with Gasteiger partial charge in [-0.3, -0.25) is 0 Å². The van der Waals surface area contributed by atoms with E-state index in [1.54, 1.807) is 18.2 Å². The highest BCUT2D eigenvalue weighted by atomic mass is 19.1. The molecule has 1 saturated heterocycles. The van der Waals surface area contributed by atoms with Crippen LogP contribution in [0.2, 0.25) is 0 Å². The maximum Gasteiger partial charge on any atom is 0.146 e. The van der Waals surface area contributed by atoms with Crippen LogP contribution in [-0.2, 0) is 0 Å². The molecule has 4 rings (SSSR count). The van der Waals surface area contributed by atoms with Crippen LogP contribution in [0.15, 0.2) is 48.5 Å². The number of rotatable bonds is 5. The van der Waals surface area contributed by atoms with Crippen molar-refractivity contribution in [1.29, 1.82) is 0 Å². The highest BCUT2D eigenvalue weighted by Crippen LogP contribution is 2.39. The van der Waals surface area contributed by atoms with E-state index >= 15 is 0 Å². The minimum atomic E-state index is -0.864. The summed E-state index contributed by atoms with van der Waals surface area (Å²) < 4.78 is 14.5. The summed E-state index contributed by atoms with van der Waals surface area (Å²) in [5.41, 5.74) is 3.72. The van der Waals surface area contributed by atoms with Crippen LogP contribution in [0.3, 0.4) is 0 Å². The van der Waals surface area contributed by atoms with Gasteiger partial charge < -0.3 is 25.7 Å². The molecule has 1 aliphatic heterocycles. The zero-order valence-corrected chi connectivity index (χ0v) is 17.7. The number of aromatic nitrogens is 1. The predicted molar refractivity (Wildman–Crippen MR) is 122 cm³/mol. The zero-order valence-electron chi connectivity index (χ0n) is 17.7. The Labute approximate surface area is 181 Å². The maximum absolute atomic E-state index is 14.5. The van der Waals surface area contributed by atoms with E-state index in [9.17, 15) is 14.6 Å². The molecule has 1 atom stereocenters. The minimum Gasteiger partial charge on any atom is -0.507 e. The van der Waals surface area contributed by atoms with Crippen molar-refractivity contribution in [3.05, 3.63) is 60.0 Å². The number of aliphatic hydroxyl groups is 1. The van der Waals surface area contributed by atoms with Gasteiger partial charge >= 0.3 is 0 Å². The third-order valence-corrected chi connectivity index (χ3v) is 5.37. The molecule has 0 aliphatic carbocycles. The van der Waals surface area contributed by atoms with E-state index in [4.69, 9.17) is 0 Å². The first-order chi connectivity index (χ1) is 14.9. The average Bonchev–Trinajstić information content (AvgIpc) is 2.75. The summed E-state index contributed by atoms with van der Waals surface area (Å²) in [6.45, 7) is 7.06.